The van der Waals surface area contributed by atoms with Crippen molar-refractivity contribution in [2.24, 2.45) is 11.0 Å². The van der Waals surface area contributed by atoms with Gasteiger partial charge in [0.2, 0.25) is 5.91 Å². The van der Waals surface area contributed by atoms with E-state index >= 15 is 0 Å². The summed E-state index contributed by atoms with van der Waals surface area (Å²) in [4.78, 5) is 37.0. The Morgan fingerprint density at radius 2 is 1.92 bits per heavy atom. The van der Waals surface area contributed by atoms with Gasteiger partial charge in [-0.2, -0.15) is 5.10 Å². The van der Waals surface area contributed by atoms with Gasteiger partial charge in [-0.25, -0.2) is 9.40 Å². The molecule has 0 bridgehead atoms. The van der Waals surface area contributed by atoms with E-state index in [1.165, 1.54) is 22.0 Å². The van der Waals surface area contributed by atoms with Gasteiger partial charge in [0.15, 0.2) is 0 Å². The normalized spacial score (nSPS) is 14.4. The van der Waals surface area contributed by atoms with Crippen LogP contribution in [0.1, 0.15) is 32.3 Å². The fourth-order valence-corrected chi connectivity index (χ4v) is 2.65. The molecule has 2 rings (SSSR count). The third kappa shape index (κ3) is 5.37. The van der Waals surface area contributed by atoms with Crippen LogP contribution in [0.15, 0.2) is 29.4 Å². The summed E-state index contributed by atoms with van der Waals surface area (Å²) < 4.78 is 13.0. The van der Waals surface area contributed by atoms with Gasteiger partial charge in [0.05, 0.1) is 6.54 Å². The molecule has 0 fully saturated rings. The van der Waals surface area contributed by atoms with E-state index in [1.54, 1.807) is 12.1 Å². The number of amides is 2. The van der Waals surface area contributed by atoms with Crippen LogP contribution in [0.5, 0.6) is 0 Å². The molecule has 1 aromatic carbocycles. The smallest absolute Gasteiger partial charge is 0.323 e. The summed E-state index contributed by atoms with van der Waals surface area (Å²) >= 11 is 0. The van der Waals surface area contributed by atoms with Gasteiger partial charge in [-0.3, -0.25) is 14.4 Å². The van der Waals surface area contributed by atoms with Crippen LogP contribution in [-0.2, 0) is 20.9 Å². The van der Waals surface area contributed by atoms with Crippen LogP contribution in [0.4, 0.5) is 4.39 Å². The monoisotopic (exact) mass is 363 g/mol. The Bertz CT molecular complexity index is 716. The molecule has 1 aromatic rings. The Hall–Kier alpha value is -2.77. The Kier molecular flexibility index (Phi) is 6.43. The van der Waals surface area contributed by atoms with Crippen LogP contribution >= 0.6 is 0 Å². The highest BCUT2D eigenvalue weighted by molar-refractivity contribution is 6.39. The third-order valence-electron chi connectivity index (χ3n) is 3.80. The lowest BCUT2D eigenvalue weighted by atomic mass is 10.1. The quantitative estimate of drug-likeness (QED) is 0.801. The maximum Gasteiger partial charge on any atom is 0.323 e. The van der Waals surface area contributed by atoms with Crippen molar-refractivity contribution in [1.29, 1.82) is 0 Å². The van der Waals surface area contributed by atoms with Crippen molar-refractivity contribution >= 4 is 23.5 Å². The second kappa shape index (κ2) is 8.55. The minimum atomic E-state index is -1.10. The lowest BCUT2D eigenvalue weighted by Gasteiger charge is -2.27. The van der Waals surface area contributed by atoms with Crippen molar-refractivity contribution in [2.45, 2.75) is 33.2 Å². The summed E-state index contributed by atoms with van der Waals surface area (Å²) in [6, 6.07) is 5.67. The molecule has 0 radical (unpaired) electrons. The fraction of sp³-hybridized carbons (Fsp3) is 0.444. The van der Waals surface area contributed by atoms with Crippen molar-refractivity contribution < 1.29 is 23.9 Å². The number of carboxylic acid groups (broad SMARTS) is 1. The molecule has 7 nitrogen and oxygen atoms in total. The Balaban J connectivity index is 2.17. The lowest BCUT2D eigenvalue weighted by Crippen LogP contribution is -2.44. The van der Waals surface area contributed by atoms with Crippen molar-refractivity contribution in [3.8, 4) is 0 Å². The van der Waals surface area contributed by atoms with Crippen LogP contribution in [0, 0.1) is 11.7 Å². The van der Waals surface area contributed by atoms with E-state index in [0.717, 1.165) is 0 Å². The third-order valence-corrected chi connectivity index (χ3v) is 3.80. The van der Waals surface area contributed by atoms with Crippen LogP contribution in [0.2, 0.25) is 0 Å². The minimum absolute atomic E-state index is 0.0967. The van der Waals surface area contributed by atoms with Crippen LogP contribution in [0.25, 0.3) is 0 Å². The summed E-state index contributed by atoms with van der Waals surface area (Å²) in [5, 5.41) is 14.3. The van der Waals surface area contributed by atoms with Crippen molar-refractivity contribution in [2.75, 3.05) is 13.1 Å². The largest absolute Gasteiger partial charge is 0.480 e. The number of benzene rings is 1. The highest BCUT2D eigenvalue weighted by atomic mass is 19.1. The van der Waals surface area contributed by atoms with Crippen molar-refractivity contribution in [1.82, 2.24) is 9.91 Å². The zero-order valence-corrected chi connectivity index (χ0v) is 14.8. The molecule has 0 saturated carbocycles. The lowest BCUT2D eigenvalue weighted by molar-refractivity contribution is -0.142. The Morgan fingerprint density at radius 3 is 2.50 bits per heavy atom. The molecule has 0 aliphatic carbocycles. The van der Waals surface area contributed by atoms with Gasteiger partial charge in [-0.1, -0.05) is 26.0 Å². The zero-order valence-electron chi connectivity index (χ0n) is 14.8. The predicted molar refractivity (Wildman–Crippen MR) is 92.7 cm³/mol. The Labute approximate surface area is 151 Å². The van der Waals surface area contributed by atoms with Crippen molar-refractivity contribution in [3.63, 3.8) is 0 Å². The van der Waals surface area contributed by atoms with E-state index in [-0.39, 0.29) is 49.3 Å². The van der Waals surface area contributed by atoms with E-state index in [9.17, 15) is 18.8 Å². The number of halogens is 1. The fourth-order valence-electron chi connectivity index (χ4n) is 2.65. The molecule has 0 saturated heterocycles. The first-order valence-corrected chi connectivity index (χ1v) is 8.39. The predicted octanol–water partition coefficient (Wildman–Crippen LogP) is 1.87. The number of carboxylic acids is 1. The molecule has 8 heteroatoms. The maximum atomic E-state index is 13.0. The number of rotatable bonds is 7. The minimum Gasteiger partial charge on any atom is -0.480 e. The topological polar surface area (TPSA) is 90.3 Å². The van der Waals surface area contributed by atoms with E-state index < -0.39 is 18.4 Å². The second-order valence-corrected chi connectivity index (χ2v) is 6.60. The van der Waals surface area contributed by atoms with E-state index in [1.807, 2.05) is 13.8 Å². The number of carbonyl (C=O) groups is 3. The first kappa shape index (κ1) is 19.6. The average molecular weight is 363 g/mol. The van der Waals surface area contributed by atoms with Crippen LogP contribution < -0.4 is 0 Å². The summed E-state index contributed by atoms with van der Waals surface area (Å²) in [6.45, 7) is 3.77. The molecule has 0 unspecified atom stereocenters. The number of carbonyl (C=O) groups excluding carboxylic acids is 2. The molecule has 0 atom stereocenters. The van der Waals surface area contributed by atoms with Gasteiger partial charge >= 0.3 is 5.97 Å². The standard InChI is InChI=1S/C18H22FN3O4/c1-12(2)9-21(11-17(24)25)18(26)15-7-8-16(23)22(20-15)10-13-3-5-14(19)6-4-13/h3-6,12H,7-11H2,1-2H3,(H,24,25). The number of hydrogen-bond donors (Lipinski definition) is 1. The molecular formula is C18H22FN3O4. The van der Waals surface area contributed by atoms with Crippen molar-refractivity contribution in [3.05, 3.63) is 35.6 Å². The molecule has 1 aliphatic rings. The first-order chi connectivity index (χ1) is 12.3. The molecular weight excluding hydrogens is 341 g/mol. The van der Waals surface area contributed by atoms with Gasteiger partial charge in [-0.15, -0.1) is 0 Å². The molecule has 140 valence electrons. The zero-order chi connectivity index (χ0) is 19.3. The highest BCUT2D eigenvalue weighted by Gasteiger charge is 2.28. The summed E-state index contributed by atoms with van der Waals surface area (Å²) in [5.41, 5.74) is 0.843. The second-order valence-electron chi connectivity index (χ2n) is 6.60. The molecule has 1 N–H and O–H groups in total. The number of hydrazone groups is 1. The van der Waals surface area contributed by atoms with E-state index in [4.69, 9.17) is 5.11 Å². The molecule has 0 spiro atoms. The number of hydrogen-bond acceptors (Lipinski definition) is 4. The van der Waals surface area contributed by atoms with Crippen LogP contribution in [-0.4, -0.2) is 51.6 Å². The number of aliphatic carboxylic acids is 1. The van der Waals surface area contributed by atoms with Gasteiger partial charge < -0.3 is 10.0 Å². The highest BCUT2D eigenvalue weighted by Crippen LogP contribution is 2.16. The first-order valence-electron chi connectivity index (χ1n) is 8.39. The summed E-state index contributed by atoms with van der Waals surface area (Å²) in [7, 11) is 0. The van der Waals surface area contributed by atoms with Crippen LogP contribution in [0.3, 0.4) is 0 Å². The summed E-state index contributed by atoms with van der Waals surface area (Å²) in [5.74, 6) is -2.09. The van der Waals surface area contributed by atoms with E-state index in [2.05, 4.69) is 5.10 Å². The molecule has 0 aromatic heterocycles. The molecule has 26 heavy (non-hydrogen) atoms. The van der Waals surface area contributed by atoms with E-state index in [0.29, 0.717) is 5.56 Å². The van der Waals surface area contributed by atoms with Gasteiger partial charge in [0.1, 0.15) is 18.1 Å². The molecule has 1 heterocycles. The average Bonchev–Trinajstić information content (AvgIpc) is 2.57. The number of nitrogens with zero attached hydrogens (tertiary/aromatic N) is 3. The van der Waals surface area contributed by atoms with Gasteiger partial charge in [-0.05, 0) is 23.6 Å². The van der Waals surface area contributed by atoms with Gasteiger partial charge in [0, 0.05) is 19.4 Å². The Morgan fingerprint density at radius 1 is 1.27 bits per heavy atom. The molecule has 1 aliphatic heterocycles. The van der Waals surface area contributed by atoms with Gasteiger partial charge in [0.25, 0.3) is 5.91 Å². The maximum absolute atomic E-state index is 13.0. The SMILES string of the molecule is CC(C)CN(CC(=O)O)C(=O)C1=NN(Cc2ccc(F)cc2)C(=O)CC1. The molecule has 2 amide bonds. The summed E-state index contributed by atoms with van der Waals surface area (Å²) in [6.07, 6.45) is 0.292.